The van der Waals surface area contributed by atoms with Crippen molar-refractivity contribution in [3.8, 4) is 0 Å². The zero-order valence-electron chi connectivity index (χ0n) is 11.4. The molecule has 4 heteroatoms. The summed E-state index contributed by atoms with van der Waals surface area (Å²) in [5.74, 6) is -0.897. The Morgan fingerprint density at radius 2 is 2.21 bits per heavy atom. The number of aromatic carboxylic acids is 1. The molecule has 3 nitrogen and oxygen atoms in total. The molecule has 1 fully saturated rings. The average molecular weight is 265 g/mol. The van der Waals surface area contributed by atoms with E-state index in [0.717, 1.165) is 19.0 Å². The summed E-state index contributed by atoms with van der Waals surface area (Å²) >= 11 is 0. The van der Waals surface area contributed by atoms with Gasteiger partial charge in [0.25, 0.3) is 0 Å². The van der Waals surface area contributed by atoms with Gasteiger partial charge in [0.15, 0.2) is 0 Å². The summed E-state index contributed by atoms with van der Waals surface area (Å²) in [7, 11) is 0. The molecule has 1 aromatic carbocycles. The number of piperidine rings is 1. The standard InChI is InChI=1S/C15H20FNO2/c1-10-4-3-7-17(11(10)2)9-13-6-5-12(15(18)19)8-14(13)16/h5-6,8,10-11H,3-4,7,9H2,1-2H3,(H,18,19). The van der Waals surface area contributed by atoms with Gasteiger partial charge in [-0.15, -0.1) is 0 Å². The lowest BCUT2D eigenvalue weighted by Crippen LogP contribution is -2.41. The van der Waals surface area contributed by atoms with Gasteiger partial charge in [-0.2, -0.15) is 0 Å². The highest BCUT2D eigenvalue weighted by molar-refractivity contribution is 5.87. The molecule has 0 spiro atoms. The Morgan fingerprint density at radius 1 is 1.47 bits per heavy atom. The Morgan fingerprint density at radius 3 is 2.84 bits per heavy atom. The molecule has 0 radical (unpaired) electrons. The van der Waals surface area contributed by atoms with Crippen molar-refractivity contribution in [3.63, 3.8) is 0 Å². The van der Waals surface area contributed by atoms with E-state index in [0.29, 0.717) is 24.1 Å². The molecule has 0 aromatic heterocycles. The number of carboxylic acid groups (broad SMARTS) is 1. The summed E-state index contributed by atoms with van der Waals surface area (Å²) < 4.78 is 13.9. The number of hydrogen-bond acceptors (Lipinski definition) is 2. The fourth-order valence-electron chi connectivity index (χ4n) is 2.67. The minimum absolute atomic E-state index is 0.00121. The lowest BCUT2D eigenvalue weighted by atomic mass is 9.91. The molecule has 1 aliphatic rings. The fourth-order valence-corrected chi connectivity index (χ4v) is 2.67. The first-order chi connectivity index (χ1) is 8.99. The number of hydrogen-bond donors (Lipinski definition) is 1. The lowest BCUT2D eigenvalue weighted by Gasteiger charge is -2.38. The molecular formula is C15H20FNO2. The van der Waals surface area contributed by atoms with Crippen LogP contribution in [0.25, 0.3) is 0 Å². The lowest BCUT2D eigenvalue weighted by molar-refractivity contribution is 0.0696. The van der Waals surface area contributed by atoms with Crippen LogP contribution in [0.3, 0.4) is 0 Å². The molecule has 1 saturated heterocycles. The molecule has 0 saturated carbocycles. The Labute approximate surface area is 113 Å². The van der Waals surface area contributed by atoms with E-state index in [9.17, 15) is 9.18 Å². The molecule has 104 valence electrons. The number of carboxylic acids is 1. The predicted octanol–water partition coefficient (Wildman–Crippen LogP) is 3.14. The van der Waals surface area contributed by atoms with Crippen LogP contribution < -0.4 is 0 Å². The number of rotatable bonds is 3. The SMILES string of the molecule is CC1CCCN(Cc2ccc(C(=O)O)cc2F)C1C. The summed E-state index contributed by atoms with van der Waals surface area (Å²) in [6, 6.07) is 4.60. The summed E-state index contributed by atoms with van der Waals surface area (Å²) in [6.45, 7) is 5.93. The number of nitrogens with zero attached hydrogens (tertiary/aromatic N) is 1. The summed E-state index contributed by atoms with van der Waals surface area (Å²) in [5.41, 5.74) is 0.576. The molecule has 0 amide bonds. The molecule has 19 heavy (non-hydrogen) atoms. The number of benzene rings is 1. The monoisotopic (exact) mass is 265 g/mol. The fraction of sp³-hybridized carbons (Fsp3) is 0.533. The van der Waals surface area contributed by atoms with Gasteiger partial charge in [-0.3, -0.25) is 4.90 Å². The minimum atomic E-state index is -1.09. The molecule has 1 aromatic rings. The average Bonchev–Trinajstić information content (AvgIpc) is 2.37. The van der Waals surface area contributed by atoms with E-state index in [1.807, 2.05) is 0 Å². The van der Waals surface area contributed by atoms with Crippen molar-refractivity contribution in [3.05, 3.63) is 35.1 Å². The van der Waals surface area contributed by atoms with E-state index in [1.54, 1.807) is 6.07 Å². The first-order valence-electron chi connectivity index (χ1n) is 6.75. The molecule has 0 bridgehead atoms. The second kappa shape index (κ2) is 5.70. The van der Waals surface area contributed by atoms with Gasteiger partial charge in [0, 0.05) is 18.2 Å². The minimum Gasteiger partial charge on any atom is -0.478 e. The van der Waals surface area contributed by atoms with Crippen molar-refractivity contribution < 1.29 is 14.3 Å². The first-order valence-corrected chi connectivity index (χ1v) is 6.75. The van der Waals surface area contributed by atoms with Crippen LogP contribution in [-0.4, -0.2) is 28.6 Å². The van der Waals surface area contributed by atoms with Crippen LogP contribution in [0.1, 0.15) is 42.6 Å². The van der Waals surface area contributed by atoms with Crippen LogP contribution in [0.5, 0.6) is 0 Å². The third kappa shape index (κ3) is 3.13. The topological polar surface area (TPSA) is 40.5 Å². The predicted molar refractivity (Wildman–Crippen MR) is 71.6 cm³/mol. The first kappa shape index (κ1) is 14.0. The highest BCUT2D eigenvalue weighted by atomic mass is 19.1. The maximum Gasteiger partial charge on any atom is 0.335 e. The number of likely N-dealkylation sites (tertiary alicyclic amines) is 1. The van der Waals surface area contributed by atoms with Gasteiger partial charge in [0.05, 0.1) is 5.56 Å². The van der Waals surface area contributed by atoms with Crippen molar-refractivity contribution in [2.24, 2.45) is 5.92 Å². The van der Waals surface area contributed by atoms with Crippen molar-refractivity contribution in [2.75, 3.05) is 6.54 Å². The van der Waals surface area contributed by atoms with Gasteiger partial charge < -0.3 is 5.11 Å². The van der Waals surface area contributed by atoms with Crippen LogP contribution in [0.15, 0.2) is 18.2 Å². The van der Waals surface area contributed by atoms with Gasteiger partial charge in [-0.05, 0) is 44.4 Å². The molecule has 2 atom stereocenters. The maximum absolute atomic E-state index is 13.9. The Bertz CT molecular complexity index is 475. The second-order valence-corrected chi connectivity index (χ2v) is 5.44. The van der Waals surface area contributed by atoms with Crippen LogP contribution >= 0.6 is 0 Å². The Hall–Kier alpha value is -1.42. The molecule has 0 aliphatic carbocycles. The molecule has 2 rings (SSSR count). The number of halogens is 1. The molecule has 1 N–H and O–H groups in total. The third-order valence-corrected chi connectivity index (χ3v) is 4.18. The second-order valence-electron chi connectivity index (χ2n) is 5.44. The van der Waals surface area contributed by atoms with Crippen molar-refractivity contribution in [1.29, 1.82) is 0 Å². The zero-order valence-corrected chi connectivity index (χ0v) is 11.4. The van der Waals surface area contributed by atoms with E-state index in [4.69, 9.17) is 5.11 Å². The van der Waals surface area contributed by atoms with E-state index in [-0.39, 0.29) is 5.56 Å². The molecule has 1 heterocycles. The van der Waals surface area contributed by atoms with Crippen molar-refractivity contribution in [2.45, 2.75) is 39.3 Å². The quantitative estimate of drug-likeness (QED) is 0.912. The largest absolute Gasteiger partial charge is 0.478 e. The highest BCUT2D eigenvalue weighted by Gasteiger charge is 2.25. The van der Waals surface area contributed by atoms with E-state index in [2.05, 4.69) is 18.7 Å². The van der Waals surface area contributed by atoms with Gasteiger partial charge in [-0.25, -0.2) is 9.18 Å². The van der Waals surface area contributed by atoms with Gasteiger partial charge in [-0.1, -0.05) is 13.0 Å². The van der Waals surface area contributed by atoms with Crippen molar-refractivity contribution in [1.82, 2.24) is 4.90 Å². The van der Waals surface area contributed by atoms with E-state index < -0.39 is 11.8 Å². The van der Waals surface area contributed by atoms with Crippen molar-refractivity contribution >= 4 is 5.97 Å². The highest BCUT2D eigenvalue weighted by Crippen LogP contribution is 2.25. The maximum atomic E-state index is 13.9. The van der Waals surface area contributed by atoms with Crippen LogP contribution in [0.2, 0.25) is 0 Å². The van der Waals surface area contributed by atoms with Crippen LogP contribution in [0, 0.1) is 11.7 Å². The molecule has 1 aliphatic heterocycles. The van der Waals surface area contributed by atoms with Gasteiger partial charge in [0.2, 0.25) is 0 Å². The Balaban J connectivity index is 2.12. The Kier molecular flexibility index (Phi) is 4.20. The summed E-state index contributed by atoms with van der Waals surface area (Å²) in [6.07, 6.45) is 2.36. The molecule has 2 unspecified atom stereocenters. The van der Waals surface area contributed by atoms with E-state index in [1.165, 1.54) is 12.5 Å². The number of carbonyl (C=O) groups is 1. The van der Waals surface area contributed by atoms with Gasteiger partial charge in [0.1, 0.15) is 5.82 Å². The third-order valence-electron chi connectivity index (χ3n) is 4.18. The summed E-state index contributed by atoms with van der Waals surface area (Å²) in [4.78, 5) is 13.0. The van der Waals surface area contributed by atoms with E-state index >= 15 is 0 Å². The normalized spacial score (nSPS) is 24.4. The smallest absolute Gasteiger partial charge is 0.335 e. The summed E-state index contributed by atoms with van der Waals surface area (Å²) in [5, 5.41) is 8.82. The van der Waals surface area contributed by atoms with Gasteiger partial charge >= 0.3 is 5.97 Å². The zero-order chi connectivity index (χ0) is 14.0. The van der Waals surface area contributed by atoms with Crippen LogP contribution in [0.4, 0.5) is 4.39 Å². The molecular weight excluding hydrogens is 245 g/mol. The van der Waals surface area contributed by atoms with Crippen LogP contribution in [-0.2, 0) is 6.54 Å².